The zero-order chi connectivity index (χ0) is 22.5. The molecule has 0 unspecified atom stereocenters. The van der Waals surface area contributed by atoms with E-state index in [2.05, 4.69) is 0 Å². The van der Waals surface area contributed by atoms with Crippen LogP contribution in [0.1, 0.15) is 22.3 Å². The van der Waals surface area contributed by atoms with E-state index in [-0.39, 0.29) is 23.0 Å². The third-order valence-corrected chi connectivity index (χ3v) is 5.64. The first-order valence-corrected chi connectivity index (χ1v) is 10.7. The predicted molar refractivity (Wildman–Crippen MR) is 126 cm³/mol. The lowest BCUT2D eigenvalue weighted by Crippen LogP contribution is -1.93. The fraction of sp³-hybridized carbons (Fsp3) is 0.143. The molecular formula is C28H26O4. The number of aryl methyl sites for hydroxylation is 4. The molecule has 0 heterocycles. The maximum absolute atomic E-state index is 10.6. The highest BCUT2D eigenvalue weighted by molar-refractivity contribution is 5.76. The molecule has 4 N–H and O–H groups in total. The zero-order valence-electron chi connectivity index (χ0n) is 17.7. The van der Waals surface area contributed by atoms with Crippen LogP contribution in [-0.2, 0) is 25.7 Å². The van der Waals surface area contributed by atoms with Gasteiger partial charge < -0.3 is 20.4 Å². The SMILES string of the molecule is Oc1cccc(CCc2ccc(-c3ccc(CCc4cccc(O)c4)cc3O)c(O)c2)c1. The monoisotopic (exact) mass is 426 g/mol. The lowest BCUT2D eigenvalue weighted by atomic mass is 9.96. The summed E-state index contributed by atoms with van der Waals surface area (Å²) in [4.78, 5) is 0. The van der Waals surface area contributed by atoms with Crippen LogP contribution in [0.25, 0.3) is 11.1 Å². The number of hydrogen-bond acceptors (Lipinski definition) is 4. The van der Waals surface area contributed by atoms with E-state index in [1.165, 1.54) is 0 Å². The third kappa shape index (κ3) is 5.22. The summed E-state index contributed by atoms with van der Waals surface area (Å²) in [6.07, 6.45) is 2.98. The quantitative estimate of drug-likeness (QED) is 0.303. The van der Waals surface area contributed by atoms with Gasteiger partial charge in [0.2, 0.25) is 0 Å². The highest BCUT2D eigenvalue weighted by atomic mass is 16.3. The van der Waals surface area contributed by atoms with Crippen LogP contribution < -0.4 is 0 Å². The van der Waals surface area contributed by atoms with Crippen molar-refractivity contribution in [2.45, 2.75) is 25.7 Å². The van der Waals surface area contributed by atoms with Gasteiger partial charge in [-0.2, -0.15) is 0 Å². The van der Waals surface area contributed by atoms with Crippen molar-refractivity contribution in [3.05, 3.63) is 107 Å². The molecule has 4 aromatic rings. The van der Waals surface area contributed by atoms with Crippen LogP contribution in [0.2, 0.25) is 0 Å². The Balaban J connectivity index is 1.44. The number of aromatic hydroxyl groups is 4. The number of phenolic OH excluding ortho intramolecular Hbond substituents is 4. The van der Waals surface area contributed by atoms with Crippen molar-refractivity contribution >= 4 is 0 Å². The molecule has 0 saturated carbocycles. The van der Waals surface area contributed by atoms with E-state index in [1.807, 2.05) is 48.5 Å². The molecule has 0 fully saturated rings. The summed E-state index contributed by atoms with van der Waals surface area (Å²) in [5.74, 6) is 0.755. The van der Waals surface area contributed by atoms with Gasteiger partial charge in [0.15, 0.2) is 0 Å². The van der Waals surface area contributed by atoms with Crippen molar-refractivity contribution in [3.8, 4) is 34.1 Å². The van der Waals surface area contributed by atoms with Gasteiger partial charge in [-0.25, -0.2) is 0 Å². The first kappa shape index (κ1) is 21.3. The number of benzene rings is 4. The largest absolute Gasteiger partial charge is 0.508 e. The molecule has 0 aromatic heterocycles. The maximum atomic E-state index is 10.6. The highest BCUT2D eigenvalue weighted by Gasteiger charge is 2.11. The first-order valence-electron chi connectivity index (χ1n) is 10.7. The smallest absolute Gasteiger partial charge is 0.123 e. The minimum Gasteiger partial charge on any atom is -0.508 e. The molecule has 4 aromatic carbocycles. The molecule has 0 radical (unpaired) electrons. The maximum Gasteiger partial charge on any atom is 0.123 e. The van der Waals surface area contributed by atoms with Crippen LogP contribution in [0.15, 0.2) is 84.9 Å². The summed E-state index contributed by atoms with van der Waals surface area (Å²) in [5, 5.41) is 40.3. The topological polar surface area (TPSA) is 80.9 Å². The molecule has 4 heteroatoms. The predicted octanol–water partition coefficient (Wildman–Crippen LogP) is 5.75. The van der Waals surface area contributed by atoms with E-state index in [9.17, 15) is 20.4 Å². The molecule has 0 aliphatic rings. The Kier molecular flexibility index (Phi) is 6.31. The Morgan fingerprint density at radius 1 is 0.406 bits per heavy atom. The minimum absolute atomic E-state index is 0.126. The van der Waals surface area contributed by atoms with Gasteiger partial charge in [0.1, 0.15) is 23.0 Å². The molecule has 0 amide bonds. The van der Waals surface area contributed by atoms with Crippen LogP contribution in [-0.4, -0.2) is 20.4 Å². The number of phenols is 4. The van der Waals surface area contributed by atoms with Gasteiger partial charge in [-0.05, 0) is 84.3 Å². The highest BCUT2D eigenvalue weighted by Crippen LogP contribution is 2.36. The Labute approximate surface area is 187 Å². The van der Waals surface area contributed by atoms with Crippen LogP contribution in [0.5, 0.6) is 23.0 Å². The Morgan fingerprint density at radius 2 is 0.781 bits per heavy atom. The molecule has 0 aliphatic heterocycles. The lowest BCUT2D eigenvalue weighted by molar-refractivity contribution is 0.468. The molecule has 0 aliphatic carbocycles. The van der Waals surface area contributed by atoms with Crippen LogP contribution in [0.3, 0.4) is 0 Å². The molecule has 32 heavy (non-hydrogen) atoms. The number of rotatable bonds is 7. The Morgan fingerprint density at radius 3 is 1.12 bits per heavy atom. The van der Waals surface area contributed by atoms with Gasteiger partial charge in [0, 0.05) is 11.1 Å². The van der Waals surface area contributed by atoms with Crippen molar-refractivity contribution in [2.75, 3.05) is 0 Å². The summed E-state index contributed by atoms with van der Waals surface area (Å²) in [6, 6.07) is 25.4. The summed E-state index contributed by atoms with van der Waals surface area (Å²) < 4.78 is 0. The average Bonchev–Trinajstić information content (AvgIpc) is 2.77. The fourth-order valence-electron chi connectivity index (χ4n) is 3.92. The molecule has 4 nitrogen and oxygen atoms in total. The van der Waals surface area contributed by atoms with Crippen LogP contribution in [0.4, 0.5) is 0 Å². The van der Waals surface area contributed by atoms with Crippen molar-refractivity contribution in [3.63, 3.8) is 0 Å². The van der Waals surface area contributed by atoms with Gasteiger partial charge in [-0.15, -0.1) is 0 Å². The Hall–Kier alpha value is -3.92. The van der Waals surface area contributed by atoms with Gasteiger partial charge >= 0.3 is 0 Å². The van der Waals surface area contributed by atoms with Crippen molar-refractivity contribution < 1.29 is 20.4 Å². The first-order chi connectivity index (χ1) is 15.5. The molecule has 0 bridgehead atoms. The Bertz CT molecular complexity index is 1130. The van der Waals surface area contributed by atoms with E-state index in [1.54, 1.807) is 36.4 Å². The molecule has 0 saturated heterocycles. The van der Waals surface area contributed by atoms with Crippen molar-refractivity contribution in [1.82, 2.24) is 0 Å². The van der Waals surface area contributed by atoms with E-state index in [0.29, 0.717) is 11.1 Å². The van der Waals surface area contributed by atoms with Gasteiger partial charge in [0.25, 0.3) is 0 Å². The fourth-order valence-corrected chi connectivity index (χ4v) is 3.92. The molecule has 0 atom stereocenters. The van der Waals surface area contributed by atoms with E-state index >= 15 is 0 Å². The second-order valence-electron chi connectivity index (χ2n) is 8.04. The summed E-state index contributed by atoms with van der Waals surface area (Å²) in [7, 11) is 0. The summed E-state index contributed by atoms with van der Waals surface area (Å²) in [6.45, 7) is 0. The third-order valence-electron chi connectivity index (χ3n) is 5.64. The van der Waals surface area contributed by atoms with Crippen molar-refractivity contribution in [1.29, 1.82) is 0 Å². The molecule has 162 valence electrons. The normalized spacial score (nSPS) is 10.9. The average molecular weight is 427 g/mol. The van der Waals surface area contributed by atoms with Gasteiger partial charge in [-0.1, -0.05) is 48.5 Å². The van der Waals surface area contributed by atoms with Crippen LogP contribution >= 0.6 is 0 Å². The van der Waals surface area contributed by atoms with Gasteiger partial charge in [-0.3, -0.25) is 0 Å². The molecule has 4 rings (SSSR count). The molecular weight excluding hydrogens is 400 g/mol. The van der Waals surface area contributed by atoms with E-state index in [4.69, 9.17) is 0 Å². The van der Waals surface area contributed by atoms with E-state index in [0.717, 1.165) is 47.9 Å². The standard InChI is InChI=1S/C28H26O4/c29-23-5-1-3-19(15-23)7-9-21-11-13-25(27(31)17-21)26-14-12-22(18-28(26)32)10-8-20-4-2-6-24(30)16-20/h1-6,11-18,29-32H,7-10H2. The second kappa shape index (κ2) is 9.48. The van der Waals surface area contributed by atoms with Crippen LogP contribution in [0, 0.1) is 0 Å². The summed E-state index contributed by atoms with van der Waals surface area (Å²) >= 11 is 0. The van der Waals surface area contributed by atoms with Gasteiger partial charge in [0.05, 0.1) is 0 Å². The second-order valence-corrected chi connectivity index (χ2v) is 8.04. The summed E-state index contributed by atoms with van der Waals surface area (Å²) in [5.41, 5.74) is 5.21. The lowest BCUT2D eigenvalue weighted by Gasteiger charge is -2.11. The van der Waals surface area contributed by atoms with Crippen molar-refractivity contribution in [2.24, 2.45) is 0 Å². The van der Waals surface area contributed by atoms with E-state index < -0.39 is 0 Å². The minimum atomic E-state index is 0.126. The number of hydrogen-bond donors (Lipinski definition) is 4. The molecule has 0 spiro atoms. The zero-order valence-corrected chi connectivity index (χ0v) is 17.7.